The minimum atomic E-state index is -3.60. The normalized spacial score (nSPS) is 17.8. The number of pyridine rings is 1. The molecule has 3 rings (SSSR count). The van der Waals surface area contributed by atoms with Gasteiger partial charge in [0.15, 0.2) is 9.84 Å². The lowest BCUT2D eigenvalue weighted by Gasteiger charge is -2.37. The maximum absolute atomic E-state index is 13.4. The van der Waals surface area contributed by atoms with Crippen LogP contribution in [0, 0.1) is 0 Å². The van der Waals surface area contributed by atoms with Gasteiger partial charge >= 0.3 is 0 Å². The number of halogens is 2. The largest absolute Gasteiger partial charge is 0.264 e. The molecular weight excluding hydrogens is 353 g/mol. The summed E-state index contributed by atoms with van der Waals surface area (Å²) in [5.41, 5.74) is 0.608. The molecule has 0 bridgehead atoms. The molecule has 0 spiro atoms. The maximum atomic E-state index is 13.4. The fraction of sp³-hybridized carbons (Fsp3) is 0.353. The number of benzene rings is 1. The third kappa shape index (κ3) is 2.88. The predicted molar refractivity (Wildman–Crippen MR) is 92.6 cm³/mol. The van der Waals surface area contributed by atoms with Crippen molar-refractivity contribution in [3.63, 3.8) is 0 Å². The summed E-state index contributed by atoms with van der Waals surface area (Å²) in [6.07, 6.45) is 7.05. The molecule has 0 aliphatic heterocycles. The van der Waals surface area contributed by atoms with Gasteiger partial charge in [-0.3, -0.25) is 4.98 Å². The minimum absolute atomic E-state index is 0.281. The summed E-state index contributed by atoms with van der Waals surface area (Å²) in [6, 6.07) is 8.01. The summed E-state index contributed by atoms with van der Waals surface area (Å²) < 4.78 is 25.9. The van der Waals surface area contributed by atoms with E-state index in [1.807, 2.05) is 0 Å². The van der Waals surface area contributed by atoms with Gasteiger partial charge in [-0.25, -0.2) is 8.42 Å². The van der Waals surface area contributed by atoms with Gasteiger partial charge < -0.3 is 0 Å². The van der Waals surface area contributed by atoms with E-state index in [0.29, 0.717) is 28.5 Å². The minimum Gasteiger partial charge on any atom is -0.264 e. The summed E-state index contributed by atoms with van der Waals surface area (Å²) in [4.78, 5) is 4.40. The van der Waals surface area contributed by atoms with Crippen molar-refractivity contribution < 1.29 is 8.42 Å². The monoisotopic (exact) mass is 369 g/mol. The van der Waals surface area contributed by atoms with E-state index in [1.54, 1.807) is 42.7 Å². The molecule has 1 aliphatic rings. The van der Waals surface area contributed by atoms with Crippen LogP contribution in [-0.4, -0.2) is 13.4 Å². The molecule has 3 nitrogen and oxygen atoms in total. The second kappa shape index (κ2) is 6.42. The number of rotatable bonds is 3. The summed E-state index contributed by atoms with van der Waals surface area (Å²) in [5, 5.41) is 0.973. The van der Waals surface area contributed by atoms with Crippen molar-refractivity contribution in [3.8, 4) is 0 Å². The molecule has 6 heteroatoms. The molecule has 2 aromatic rings. The Hall–Kier alpha value is -1.10. The van der Waals surface area contributed by atoms with E-state index in [1.165, 1.54) is 0 Å². The third-order valence-electron chi connectivity index (χ3n) is 4.56. The predicted octanol–water partition coefficient (Wildman–Crippen LogP) is 5.02. The molecule has 1 saturated carbocycles. The van der Waals surface area contributed by atoms with Crippen LogP contribution >= 0.6 is 23.2 Å². The third-order valence-corrected chi connectivity index (χ3v) is 7.69. The number of hydrogen-bond acceptors (Lipinski definition) is 3. The van der Waals surface area contributed by atoms with Crippen LogP contribution in [-0.2, 0) is 14.6 Å². The van der Waals surface area contributed by atoms with Crippen LogP contribution in [0.2, 0.25) is 10.0 Å². The second-order valence-corrected chi connectivity index (χ2v) is 8.97. The van der Waals surface area contributed by atoms with E-state index in [9.17, 15) is 8.42 Å². The Bertz CT molecular complexity index is 798. The van der Waals surface area contributed by atoms with Crippen LogP contribution in [0.1, 0.15) is 37.7 Å². The zero-order valence-electron chi connectivity index (χ0n) is 12.5. The Kier molecular flexibility index (Phi) is 4.68. The van der Waals surface area contributed by atoms with E-state index in [0.717, 1.165) is 19.3 Å². The van der Waals surface area contributed by atoms with Crippen molar-refractivity contribution in [1.29, 1.82) is 0 Å². The van der Waals surface area contributed by atoms with Crippen LogP contribution in [0.25, 0.3) is 0 Å². The molecule has 0 radical (unpaired) electrons. The average Bonchev–Trinajstić information content (AvgIpc) is 2.56. The van der Waals surface area contributed by atoms with E-state index in [2.05, 4.69) is 4.98 Å². The second-order valence-electron chi connectivity index (χ2n) is 5.87. The van der Waals surface area contributed by atoms with Crippen LogP contribution in [0.5, 0.6) is 0 Å². The molecule has 122 valence electrons. The van der Waals surface area contributed by atoms with Crippen LogP contribution in [0.4, 0.5) is 0 Å². The van der Waals surface area contributed by atoms with Gasteiger partial charge in [0.1, 0.15) is 4.75 Å². The molecule has 0 unspecified atom stereocenters. The smallest absolute Gasteiger partial charge is 0.188 e. The van der Waals surface area contributed by atoms with Crippen molar-refractivity contribution in [2.75, 3.05) is 0 Å². The first-order valence-corrected chi connectivity index (χ1v) is 9.81. The van der Waals surface area contributed by atoms with Crippen LogP contribution in [0.15, 0.2) is 47.6 Å². The van der Waals surface area contributed by atoms with Crippen molar-refractivity contribution in [2.24, 2.45) is 0 Å². The fourth-order valence-corrected chi connectivity index (χ4v) is 6.05. The summed E-state index contributed by atoms with van der Waals surface area (Å²) in [7, 11) is -3.60. The molecule has 23 heavy (non-hydrogen) atoms. The summed E-state index contributed by atoms with van der Waals surface area (Å²) in [6.45, 7) is 0. The van der Waals surface area contributed by atoms with Crippen molar-refractivity contribution in [1.82, 2.24) is 4.98 Å². The van der Waals surface area contributed by atoms with E-state index >= 15 is 0 Å². The van der Waals surface area contributed by atoms with Gasteiger partial charge in [-0.2, -0.15) is 0 Å². The highest BCUT2D eigenvalue weighted by molar-refractivity contribution is 7.92. The first-order valence-electron chi connectivity index (χ1n) is 7.58. The van der Waals surface area contributed by atoms with Crippen LogP contribution in [0.3, 0.4) is 0 Å². The molecular formula is C17H17Cl2NO2S. The van der Waals surface area contributed by atoms with Crippen molar-refractivity contribution in [3.05, 3.63) is 58.3 Å². The fourth-order valence-electron chi connectivity index (χ4n) is 3.36. The highest BCUT2D eigenvalue weighted by Crippen LogP contribution is 2.48. The quantitative estimate of drug-likeness (QED) is 0.762. The first-order chi connectivity index (χ1) is 11.0. The molecule has 1 aliphatic carbocycles. The lowest BCUT2D eigenvalue weighted by atomic mass is 9.83. The van der Waals surface area contributed by atoms with Gasteiger partial charge in [-0.15, -0.1) is 0 Å². The van der Waals surface area contributed by atoms with Gasteiger partial charge in [0.05, 0.1) is 4.90 Å². The van der Waals surface area contributed by atoms with Gasteiger partial charge in [0, 0.05) is 28.0 Å². The van der Waals surface area contributed by atoms with E-state index in [-0.39, 0.29) is 4.90 Å². The number of nitrogens with zero attached hydrogens (tertiary/aromatic N) is 1. The van der Waals surface area contributed by atoms with Gasteiger partial charge in [-0.1, -0.05) is 42.5 Å². The zero-order valence-corrected chi connectivity index (χ0v) is 14.8. The standard InChI is InChI=1S/C17H17Cl2NO2S/c18-13-4-6-14(7-5-13)23(21,22)17(9-2-1-3-10-17)15-12-20-11-8-16(15)19/h4-8,11-12H,1-3,9-10H2. The summed E-state index contributed by atoms with van der Waals surface area (Å²) in [5.74, 6) is 0. The number of aromatic nitrogens is 1. The van der Waals surface area contributed by atoms with Gasteiger partial charge in [0.2, 0.25) is 0 Å². The maximum Gasteiger partial charge on any atom is 0.188 e. The first kappa shape index (κ1) is 16.7. The molecule has 0 N–H and O–H groups in total. The van der Waals surface area contributed by atoms with Crippen molar-refractivity contribution in [2.45, 2.75) is 41.7 Å². The Labute approximate surface area is 146 Å². The lowest BCUT2D eigenvalue weighted by molar-refractivity contribution is 0.379. The SMILES string of the molecule is O=S(=O)(c1ccc(Cl)cc1)C1(c2cnccc2Cl)CCCCC1. The highest BCUT2D eigenvalue weighted by atomic mass is 35.5. The zero-order chi connectivity index (χ0) is 16.5. The molecule has 0 amide bonds. The number of hydrogen-bond donors (Lipinski definition) is 0. The highest BCUT2D eigenvalue weighted by Gasteiger charge is 2.48. The Balaban J connectivity index is 2.20. The Morgan fingerprint density at radius 2 is 1.61 bits per heavy atom. The average molecular weight is 370 g/mol. The lowest BCUT2D eigenvalue weighted by Crippen LogP contribution is -2.38. The van der Waals surface area contributed by atoms with Crippen LogP contribution < -0.4 is 0 Å². The topological polar surface area (TPSA) is 47.0 Å². The molecule has 1 fully saturated rings. The summed E-state index contributed by atoms with van der Waals surface area (Å²) >= 11 is 12.2. The van der Waals surface area contributed by atoms with E-state index in [4.69, 9.17) is 23.2 Å². The molecule has 1 aromatic heterocycles. The van der Waals surface area contributed by atoms with E-state index < -0.39 is 14.6 Å². The Morgan fingerprint density at radius 3 is 2.22 bits per heavy atom. The molecule has 1 heterocycles. The molecule has 0 atom stereocenters. The number of sulfone groups is 1. The Morgan fingerprint density at radius 1 is 0.957 bits per heavy atom. The van der Waals surface area contributed by atoms with Gasteiger partial charge in [-0.05, 0) is 43.2 Å². The van der Waals surface area contributed by atoms with Gasteiger partial charge in [0.25, 0.3) is 0 Å². The molecule has 1 aromatic carbocycles. The van der Waals surface area contributed by atoms with Crippen molar-refractivity contribution >= 4 is 33.0 Å². The molecule has 0 saturated heterocycles.